The fourth-order valence-corrected chi connectivity index (χ4v) is 3.10. The molecule has 0 spiro atoms. The van der Waals surface area contributed by atoms with Crippen LogP contribution in [-0.4, -0.2) is 29.8 Å². The molecule has 1 aromatic carbocycles. The molecule has 8 nitrogen and oxygen atoms in total. The van der Waals surface area contributed by atoms with Crippen molar-refractivity contribution in [2.24, 2.45) is 5.10 Å². The minimum absolute atomic E-state index is 0.0121. The Morgan fingerprint density at radius 2 is 2.11 bits per heavy atom. The van der Waals surface area contributed by atoms with E-state index in [1.807, 2.05) is 18.2 Å². The van der Waals surface area contributed by atoms with Crippen LogP contribution in [0.1, 0.15) is 31.2 Å². The summed E-state index contributed by atoms with van der Waals surface area (Å²) < 4.78 is 11.4. The van der Waals surface area contributed by atoms with Gasteiger partial charge < -0.3 is 9.47 Å². The van der Waals surface area contributed by atoms with E-state index in [2.05, 4.69) is 31.3 Å². The maximum Gasteiger partial charge on any atom is 0.324 e. The Bertz CT molecular complexity index is 901. The number of benzene rings is 1. The molecule has 0 radical (unpaired) electrons. The van der Waals surface area contributed by atoms with Crippen molar-refractivity contribution in [3.63, 3.8) is 0 Å². The second-order valence-corrected chi connectivity index (χ2v) is 8.09. The number of nitrogens with one attached hydrogen (secondary N) is 1. The number of carbonyl (C=O) groups is 1. The summed E-state index contributed by atoms with van der Waals surface area (Å²) in [6.07, 6.45) is 0.521. The largest absolute Gasteiger partial charge is 0.485 e. The number of carbonyl (C=O) groups excluding carboxylic acids is 1. The Morgan fingerprint density at radius 3 is 2.78 bits per heavy atom. The van der Waals surface area contributed by atoms with Crippen molar-refractivity contribution >= 4 is 28.5 Å². The van der Waals surface area contributed by atoms with Gasteiger partial charge in [0.1, 0.15) is 6.61 Å². The molecular formula is C18H19N3O5S. The second kappa shape index (κ2) is 7.36. The molecule has 2 aromatic rings. The Balaban J connectivity index is 1.63. The molecule has 1 N–H and O–H groups in total. The first-order chi connectivity index (χ1) is 12.7. The first kappa shape index (κ1) is 18.8. The highest BCUT2D eigenvalue weighted by molar-refractivity contribution is 7.16. The maximum absolute atomic E-state index is 12.3. The number of rotatable bonds is 4. The van der Waals surface area contributed by atoms with Gasteiger partial charge >= 0.3 is 5.00 Å². The smallest absolute Gasteiger partial charge is 0.324 e. The number of hydrazone groups is 1. The van der Waals surface area contributed by atoms with Crippen LogP contribution in [0, 0.1) is 10.1 Å². The summed E-state index contributed by atoms with van der Waals surface area (Å²) in [5.41, 5.74) is 3.40. The Kier molecular flexibility index (Phi) is 5.13. The molecule has 1 atom stereocenters. The zero-order valence-electron chi connectivity index (χ0n) is 15.1. The van der Waals surface area contributed by atoms with Crippen molar-refractivity contribution < 1.29 is 19.2 Å². The third kappa shape index (κ3) is 4.43. The summed E-state index contributed by atoms with van der Waals surface area (Å²) in [4.78, 5) is 23.0. The number of hydrogen-bond acceptors (Lipinski definition) is 7. The lowest BCUT2D eigenvalue weighted by Gasteiger charge is -2.27. The van der Waals surface area contributed by atoms with Crippen molar-refractivity contribution in [1.82, 2.24) is 5.43 Å². The average molecular weight is 389 g/mol. The Morgan fingerprint density at radius 1 is 1.33 bits per heavy atom. The Labute approximate surface area is 159 Å². The maximum atomic E-state index is 12.3. The summed E-state index contributed by atoms with van der Waals surface area (Å²) in [5, 5.41) is 14.5. The first-order valence-electron chi connectivity index (χ1n) is 8.25. The first-order valence-corrected chi connectivity index (χ1v) is 9.07. The van der Waals surface area contributed by atoms with Crippen LogP contribution in [0.3, 0.4) is 0 Å². The molecule has 0 saturated carbocycles. The number of nitro groups is 1. The van der Waals surface area contributed by atoms with E-state index in [9.17, 15) is 14.9 Å². The van der Waals surface area contributed by atoms with Gasteiger partial charge in [0, 0.05) is 6.07 Å². The van der Waals surface area contributed by atoms with E-state index in [4.69, 9.17) is 9.47 Å². The molecule has 0 unspecified atom stereocenters. The zero-order chi connectivity index (χ0) is 19.6. The summed E-state index contributed by atoms with van der Waals surface area (Å²) >= 11 is 0.967. The van der Waals surface area contributed by atoms with Crippen LogP contribution < -0.4 is 14.9 Å². The number of fused-ring (bicyclic) bond motifs is 1. The van der Waals surface area contributed by atoms with Crippen molar-refractivity contribution in [2.75, 3.05) is 6.61 Å². The molecule has 1 aliphatic heterocycles. The van der Waals surface area contributed by atoms with Gasteiger partial charge in [0.2, 0.25) is 6.10 Å². The standard InChI is InChI=1S/C18H19N3O5S/c1-18(2,3)11-4-6-13-14(8-11)26-15(10-25-13)17(22)20-19-9-12-5-7-16(27-12)21(23)24/h4-9,15H,10H2,1-3H3,(H,20,22)/b19-9+/t15-/m0/s1. The van der Waals surface area contributed by atoms with Gasteiger partial charge in [-0.05, 0) is 29.2 Å². The van der Waals surface area contributed by atoms with Gasteiger partial charge in [0.05, 0.1) is 16.0 Å². The molecule has 2 heterocycles. The van der Waals surface area contributed by atoms with Gasteiger partial charge in [0.15, 0.2) is 11.5 Å². The van der Waals surface area contributed by atoms with Crippen molar-refractivity contribution in [3.8, 4) is 11.5 Å². The van der Waals surface area contributed by atoms with Crippen LogP contribution in [0.2, 0.25) is 0 Å². The lowest BCUT2D eigenvalue weighted by Crippen LogP contribution is -2.42. The molecule has 0 aliphatic carbocycles. The summed E-state index contributed by atoms with van der Waals surface area (Å²) in [6.45, 7) is 6.35. The van der Waals surface area contributed by atoms with Crippen LogP contribution in [0.25, 0.3) is 0 Å². The van der Waals surface area contributed by atoms with Crippen LogP contribution in [-0.2, 0) is 10.2 Å². The molecule has 9 heteroatoms. The molecule has 0 fully saturated rings. The molecule has 0 bridgehead atoms. The van der Waals surface area contributed by atoms with E-state index in [0.29, 0.717) is 16.4 Å². The van der Waals surface area contributed by atoms with Crippen LogP contribution in [0.5, 0.6) is 11.5 Å². The fourth-order valence-electron chi connectivity index (χ4n) is 2.41. The van der Waals surface area contributed by atoms with Crippen molar-refractivity contribution in [3.05, 3.63) is 50.9 Å². The normalized spacial score (nSPS) is 16.3. The molecular weight excluding hydrogens is 370 g/mol. The van der Waals surface area contributed by atoms with E-state index in [1.54, 1.807) is 6.07 Å². The summed E-state index contributed by atoms with van der Waals surface area (Å²) in [6, 6.07) is 8.64. The number of hydrogen-bond donors (Lipinski definition) is 1. The fraction of sp³-hybridized carbons (Fsp3) is 0.333. The predicted molar refractivity (Wildman–Crippen MR) is 102 cm³/mol. The summed E-state index contributed by atoms with van der Waals surface area (Å²) in [5.74, 6) is 0.664. The topological polar surface area (TPSA) is 103 Å². The lowest BCUT2D eigenvalue weighted by atomic mass is 9.87. The third-order valence-corrected chi connectivity index (χ3v) is 4.89. The van der Waals surface area contributed by atoms with Gasteiger partial charge in [-0.1, -0.05) is 38.2 Å². The van der Waals surface area contributed by atoms with Gasteiger partial charge in [0.25, 0.3) is 5.91 Å². The van der Waals surface area contributed by atoms with Gasteiger partial charge in [-0.3, -0.25) is 14.9 Å². The molecule has 27 heavy (non-hydrogen) atoms. The molecule has 3 rings (SSSR count). The number of amides is 1. The minimum atomic E-state index is -0.831. The number of nitrogens with zero attached hydrogens (tertiary/aromatic N) is 2. The number of ether oxygens (including phenoxy) is 2. The molecule has 1 aliphatic rings. The third-order valence-electron chi connectivity index (χ3n) is 3.92. The van der Waals surface area contributed by atoms with Crippen molar-refractivity contribution in [1.29, 1.82) is 0 Å². The molecule has 1 aromatic heterocycles. The molecule has 0 saturated heterocycles. The van der Waals surface area contributed by atoms with Gasteiger partial charge in [-0.25, -0.2) is 5.43 Å². The zero-order valence-corrected chi connectivity index (χ0v) is 15.9. The minimum Gasteiger partial charge on any atom is -0.485 e. The average Bonchev–Trinajstić information content (AvgIpc) is 3.09. The molecule has 142 valence electrons. The van der Waals surface area contributed by atoms with E-state index in [1.165, 1.54) is 12.3 Å². The number of thiophene rings is 1. The lowest BCUT2D eigenvalue weighted by molar-refractivity contribution is -0.380. The van der Waals surface area contributed by atoms with E-state index >= 15 is 0 Å². The Hall–Kier alpha value is -2.94. The van der Waals surface area contributed by atoms with Crippen LogP contribution in [0.4, 0.5) is 5.00 Å². The van der Waals surface area contributed by atoms with E-state index in [-0.39, 0.29) is 17.0 Å². The molecule has 1 amide bonds. The van der Waals surface area contributed by atoms with Crippen LogP contribution >= 0.6 is 11.3 Å². The second-order valence-electron chi connectivity index (χ2n) is 7.00. The van der Waals surface area contributed by atoms with Gasteiger partial charge in [-0.15, -0.1) is 0 Å². The van der Waals surface area contributed by atoms with Gasteiger partial charge in [-0.2, -0.15) is 5.10 Å². The quantitative estimate of drug-likeness (QED) is 0.491. The summed E-state index contributed by atoms with van der Waals surface area (Å²) in [7, 11) is 0. The highest BCUT2D eigenvalue weighted by Crippen LogP contribution is 2.36. The van der Waals surface area contributed by atoms with E-state index in [0.717, 1.165) is 16.9 Å². The highest BCUT2D eigenvalue weighted by Gasteiger charge is 2.28. The highest BCUT2D eigenvalue weighted by atomic mass is 32.1. The predicted octanol–water partition coefficient (Wildman–Crippen LogP) is 3.24. The van der Waals surface area contributed by atoms with E-state index < -0.39 is 16.9 Å². The van der Waals surface area contributed by atoms with Crippen LogP contribution in [0.15, 0.2) is 35.4 Å². The van der Waals surface area contributed by atoms with Crippen molar-refractivity contribution in [2.45, 2.75) is 32.3 Å². The monoisotopic (exact) mass is 389 g/mol. The SMILES string of the molecule is CC(C)(C)c1ccc2c(c1)O[C@H](C(=O)N/N=C/c1ccc([N+](=O)[O-])s1)CO2.